The molecule has 3 unspecified atom stereocenters. The molecule has 6 heteroatoms. The van der Waals surface area contributed by atoms with E-state index in [2.05, 4.69) is 11.4 Å². The molecule has 1 aliphatic carbocycles. The molecule has 150 valence electrons. The van der Waals surface area contributed by atoms with Gasteiger partial charge in [-0.15, -0.1) is 11.3 Å². The molecule has 1 aromatic heterocycles. The Morgan fingerprint density at radius 2 is 1.93 bits per heavy atom. The van der Waals surface area contributed by atoms with Crippen LogP contribution < -0.4 is 5.32 Å². The molecule has 0 saturated carbocycles. The number of ketones is 1. The SMILES string of the molecule is COC(=O)C1=C(C)NC2=CC(c3ccccc3Cl)CC(=O)C2C1c1ccc(C)s1. The number of benzene rings is 1. The summed E-state index contributed by atoms with van der Waals surface area (Å²) in [6, 6.07) is 11.7. The van der Waals surface area contributed by atoms with Gasteiger partial charge in [-0.05, 0) is 37.6 Å². The first-order valence-corrected chi connectivity index (χ1v) is 10.7. The van der Waals surface area contributed by atoms with Gasteiger partial charge in [-0.2, -0.15) is 0 Å². The van der Waals surface area contributed by atoms with E-state index >= 15 is 0 Å². The average Bonchev–Trinajstić information content (AvgIpc) is 3.12. The van der Waals surface area contributed by atoms with E-state index in [4.69, 9.17) is 16.3 Å². The van der Waals surface area contributed by atoms with Crippen LogP contribution in [0.2, 0.25) is 5.02 Å². The number of esters is 1. The van der Waals surface area contributed by atoms with Crippen LogP contribution in [-0.4, -0.2) is 18.9 Å². The number of thiophene rings is 1. The summed E-state index contributed by atoms with van der Waals surface area (Å²) in [6.45, 7) is 3.89. The third-order valence-electron chi connectivity index (χ3n) is 5.64. The van der Waals surface area contributed by atoms with Crippen molar-refractivity contribution in [3.8, 4) is 0 Å². The van der Waals surface area contributed by atoms with Gasteiger partial charge in [0, 0.05) is 44.4 Å². The Bertz CT molecular complexity index is 1050. The lowest BCUT2D eigenvalue weighted by atomic mass is 9.70. The predicted molar refractivity (Wildman–Crippen MR) is 115 cm³/mol. The Hall–Kier alpha value is -2.37. The number of halogens is 1. The lowest BCUT2D eigenvalue weighted by molar-refractivity contribution is -0.136. The van der Waals surface area contributed by atoms with Crippen LogP contribution >= 0.6 is 22.9 Å². The zero-order valence-corrected chi connectivity index (χ0v) is 18.1. The van der Waals surface area contributed by atoms with Crippen LogP contribution in [0, 0.1) is 12.8 Å². The Morgan fingerprint density at radius 3 is 2.59 bits per heavy atom. The molecule has 0 amide bonds. The second kappa shape index (κ2) is 7.81. The molecule has 4 rings (SSSR count). The summed E-state index contributed by atoms with van der Waals surface area (Å²) >= 11 is 8.01. The van der Waals surface area contributed by atoms with Gasteiger partial charge >= 0.3 is 5.97 Å². The fraction of sp³-hybridized carbons (Fsp3) is 0.304. The molecule has 2 aromatic rings. The first-order valence-electron chi connectivity index (χ1n) is 9.52. The molecule has 2 heterocycles. The summed E-state index contributed by atoms with van der Waals surface area (Å²) in [5.41, 5.74) is 3.04. The topological polar surface area (TPSA) is 55.4 Å². The van der Waals surface area contributed by atoms with E-state index in [0.717, 1.165) is 26.7 Å². The Morgan fingerprint density at radius 1 is 1.17 bits per heavy atom. The number of carbonyl (C=O) groups is 2. The monoisotopic (exact) mass is 427 g/mol. The van der Waals surface area contributed by atoms with Gasteiger partial charge in [0.25, 0.3) is 0 Å². The normalized spacial score (nSPS) is 23.9. The number of fused-ring (bicyclic) bond motifs is 1. The maximum Gasteiger partial charge on any atom is 0.336 e. The van der Waals surface area contributed by atoms with Crippen molar-refractivity contribution in [2.75, 3.05) is 7.11 Å². The van der Waals surface area contributed by atoms with Crippen molar-refractivity contribution in [3.63, 3.8) is 0 Å². The van der Waals surface area contributed by atoms with Crippen molar-refractivity contribution in [1.29, 1.82) is 0 Å². The van der Waals surface area contributed by atoms with E-state index < -0.39 is 11.9 Å². The minimum atomic E-state index is -0.426. The molecule has 0 spiro atoms. The van der Waals surface area contributed by atoms with Gasteiger partial charge in [-0.25, -0.2) is 4.79 Å². The molecule has 0 bridgehead atoms. The first-order chi connectivity index (χ1) is 13.9. The number of aryl methyl sites for hydroxylation is 1. The van der Waals surface area contributed by atoms with Gasteiger partial charge in [0.1, 0.15) is 5.78 Å². The predicted octanol–water partition coefficient (Wildman–Crippen LogP) is 5.10. The zero-order valence-electron chi connectivity index (χ0n) is 16.5. The van der Waals surface area contributed by atoms with Crippen molar-refractivity contribution in [2.45, 2.75) is 32.1 Å². The van der Waals surface area contributed by atoms with Gasteiger partial charge in [0.15, 0.2) is 0 Å². The lowest BCUT2D eigenvalue weighted by Gasteiger charge is -2.39. The third-order valence-corrected chi connectivity index (χ3v) is 7.07. The van der Waals surface area contributed by atoms with Gasteiger partial charge < -0.3 is 10.1 Å². The van der Waals surface area contributed by atoms with Crippen LogP contribution in [0.5, 0.6) is 0 Å². The standard InChI is InChI=1S/C23H22ClNO3S/c1-12-8-9-19(29-12)22-20(23(27)28-3)13(2)25-17-10-14(11-18(26)21(17)22)15-6-4-5-7-16(15)24/h4-10,14,21-22,25H,11H2,1-3H3. The van der Waals surface area contributed by atoms with Gasteiger partial charge in [0.05, 0.1) is 18.6 Å². The molecule has 29 heavy (non-hydrogen) atoms. The minimum Gasteiger partial charge on any atom is -0.466 e. The number of Topliss-reactive ketones (excluding diaryl/α,β-unsaturated/α-hetero) is 1. The molecule has 0 saturated heterocycles. The highest BCUT2D eigenvalue weighted by Gasteiger charge is 2.45. The van der Waals surface area contributed by atoms with Crippen molar-refractivity contribution in [3.05, 3.63) is 79.8 Å². The van der Waals surface area contributed by atoms with Crippen molar-refractivity contribution < 1.29 is 14.3 Å². The highest BCUT2D eigenvalue weighted by molar-refractivity contribution is 7.12. The number of hydrogen-bond donors (Lipinski definition) is 1. The van der Waals surface area contributed by atoms with Crippen molar-refractivity contribution in [2.24, 2.45) is 5.92 Å². The molecule has 0 fully saturated rings. The van der Waals surface area contributed by atoms with Crippen molar-refractivity contribution in [1.82, 2.24) is 5.32 Å². The molecule has 1 aliphatic heterocycles. The number of allylic oxidation sites excluding steroid dienone is 3. The van der Waals surface area contributed by atoms with Crippen LogP contribution in [-0.2, 0) is 14.3 Å². The maximum atomic E-state index is 13.4. The van der Waals surface area contributed by atoms with E-state index in [-0.39, 0.29) is 17.6 Å². The second-order valence-electron chi connectivity index (χ2n) is 7.48. The molecule has 1 N–H and O–H groups in total. The summed E-state index contributed by atoms with van der Waals surface area (Å²) in [4.78, 5) is 28.1. The summed E-state index contributed by atoms with van der Waals surface area (Å²) < 4.78 is 5.06. The highest BCUT2D eigenvalue weighted by atomic mass is 35.5. The van der Waals surface area contributed by atoms with Crippen LogP contribution in [0.4, 0.5) is 0 Å². The minimum absolute atomic E-state index is 0.0897. The number of rotatable bonds is 3. The summed E-state index contributed by atoms with van der Waals surface area (Å²) in [5.74, 6) is -1.15. The zero-order chi connectivity index (χ0) is 20.7. The van der Waals surface area contributed by atoms with Gasteiger partial charge in [0.2, 0.25) is 0 Å². The number of ether oxygens (including phenoxy) is 1. The second-order valence-corrected chi connectivity index (χ2v) is 9.21. The molecular weight excluding hydrogens is 406 g/mol. The van der Waals surface area contributed by atoms with Crippen molar-refractivity contribution >= 4 is 34.7 Å². The molecule has 4 nitrogen and oxygen atoms in total. The van der Waals surface area contributed by atoms with Crippen LogP contribution in [0.1, 0.15) is 40.5 Å². The third kappa shape index (κ3) is 3.53. The largest absolute Gasteiger partial charge is 0.466 e. The maximum absolute atomic E-state index is 13.4. The van der Waals surface area contributed by atoms with Crippen LogP contribution in [0.3, 0.4) is 0 Å². The number of hydrogen-bond acceptors (Lipinski definition) is 5. The average molecular weight is 428 g/mol. The van der Waals surface area contributed by atoms with E-state index in [9.17, 15) is 9.59 Å². The smallest absolute Gasteiger partial charge is 0.336 e. The molecule has 3 atom stereocenters. The van der Waals surface area contributed by atoms with E-state index in [1.807, 2.05) is 50.2 Å². The Balaban J connectivity index is 1.84. The van der Waals surface area contributed by atoms with E-state index in [1.54, 1.807) is 11.3 Å². The van der Waals surface area contributed by atoms with Gasteiger partial charge in [-0.3, -0.25) is 4.79 Å². The summed E-state index contributed by atoms with van der Waals surface area (Å²) in [7, 11) is 1.38. The Kier molecular flexibility index (Phi) is 5.36. The number of methoxy groups -OCH3 is 1. The fourth-order valence-electron chi connectivity index (χ4n) is 4.36. The number of carbonyl (C=O) groups excluding carboxylic acids is 2. The van der Waals surface area contributed by atoms with Crippen LogP contribution in [0.25, 0.3) is 0 Å². The molecular formula is C23H22ClNO3S. The molecule has 0 radical (unpaired) electrons. The summed E-state index contributed by atoms with van der Waals surface area (Å²) in [5, 5.41) is 3.98. The Labute approximate surface area is 179 Å². The fourth-order valence-corrected chi connectivity index (χ4v) is 5.66. The van der Waals surface area contributed by atoms with Gasteiger partial charge in [-0.1, -0.05) is 35.9 Å². The number of nitrogens with one attached hydrogen (secondary N) is 1. The molecule has 1 aromatic carbocycles. The summed E-state index contributed by atoms with van der Waals surface area (Å²) in [6.07, 6.45) is 2.45. The highest BCUT2D eigenvalue weighted by Crippen LogP contribution is 2.48. The van der Waals surface area contributed by atoms with E-state index in [1.165, 1.54) is 7.11 Å². The van der Waals surface area contributed by atoms with Crippen LogP contribution in [0.15, 0.2) is 59.4 Å². The molecule has 2 aliphatic rings. The lowest BCUT2D eigenvalue weighted by Crippen LogP contribution is -2.41. The quantitative estimate of drug-likeness (QED) is 0.692. The van der Waals surface area contributed by atoms with E-state index in [0.29, 0.717) is 17.0 Å². The first kappa shape index (κ1) is 19.9.